The lowest BCUT2D eigenvalue weighted by Crippen LogP contribution is -2.20. The largest absolute Gasteiger partial charge is 0.310 e. The number of hydrogen-bond acceptors (Lipinski definition) is 1. The Bertz CT molecular complexity index is 392. The van der Waals surface area contributed by atoms with Gasteiger partial charge in [-0.05, 0) is 51.6 Å². The van der Waals surface area contributed by atoms with Crippen LogP contribution in [-0.4, -0.2) is 6.54 Å². The van der Waals surface area contributed by atoms with Gasteiger partial charge in [-0.1, -0.05) is 41.5 Å². The number of benzene rings is 1. The standard InChI is InChI=1S/C16H23N/c1-13-6-5-9-16(12-13)14(2)17-11-10-15-7-3-4-8-15/h5-7,9,12,14,17H,3-4,8,10-11H2,1-2H3. The maximum atomic E-state index is 3.61. The fourth-order valence-corrected chi connectivity index (χ4v) is 2.47. The molecule has 0 radical (unpaired) electrons. The molecule has 0 saturated carbocycles. The lowest BCUT2D eigenvalue weighted by molar-refractivity contribution is 0.572. The summed E-state index contributed by atoms with van der Waals surface area (Å²) in [6.45, 7) is 5.50. The van der Waals surface area contributed by atoms with Gasteiger partial charge in [0.15, 0.2) is 0 Å². The van der Waals surface area contributed by atoms with Crippen LogP contribution in [0.1, 0.15) is 49.8 Å². The maximum absolute atomic E-state index is 3.61. The van der Waals surface area contributed by atoms with Gasteiger partial charge in [-0.2, -0.15) is 0 Å². The van der Waals surface area contributed by atoms with Gasteiger partial charge in [-0.25, -0.2) is 0 Å². The quantitative estimate of drug-likeness (QED) is 0.748. The molecule has 92 valence electrons. The molecular weight excluding hydrogens is 206 g/mol. The Labute approximate surface area is 105 Å². The molecule has 1 heteroatoms. The number of allylic oxidation sites excluding steroid dienone is 1. The van der Waals surface area contributed by atoms with Crippen molar-refractivity contribution in [1.29, 1.82) is 0 Å². The van der Waals surface area contributed by atoms with E-state index in [4.69, 9.17) is 0 Å². The van der Waals surface area contributed by atoms with Gasteiger partial charge in [0.25, 0.3) is 0 Å². The van der Waals surface area contributed by atoms with Gasteiger partial charge < -0.3 is 5.32 Å². The van der Waals surface area contributed by atoms with Gasteiger partial charge in [0, 0.05) is 6.04 Å². The highest BCUT2D eigenvalue weighted by Crippen LogP contribution is 2.20. The van der Waals surface area contributed by atoms with Crippen LogP contribution in [0.15, 0.2) is 35.9 Å². The highest BCUT2D eigenvalue weighted by atomic mass is 14.9. The van der Waals surface area contributed by atoms with Gasteiger partial charge in [0.05, 0.1) is 0 Å². The molecule has 0 aromatic heterocycles. The van der Waals surface area contributed by atoms with Crippen molar-refractivity contribution in [3.63, 3.8) is 0 Å². The summed E-state index contributed by atoms with van der Waals surface area (Å²) in [5.74, 6) is 0. The monoisotopic (exact) mass is 229 g/mol. The van der Waals surface area contributed by atoms with E-state index in [9.17, 15) is 0 Å². The molecule has 1 N–H and O–H groups in total. The van der Waals surface area contributed by atoms with Gasteiger partial charge in [-0.3, -0.25) is 0 Å². The summed E-state index contributed by atoms with van der Waals surface area (Å²) in [6.07, 6.45) is 7.61. The Hall–Kier alpha value is -1.08. The third kappa shape index (κ3) is 3.71. The van der Waals surface area contributed by atoms with E-state index >= 15 is 0 Å². The van der Waals surface area contributed by atoms with E-state index in [1.807, 2.05) is 0 Å². The average Bonchev–Trinajstić information content (AvgIpc) is 2.82. The van der Waals surface area contributed by atoms with E-state index in [-0.39, 0.29) is 0 Å². The molecule has 1 atom stereocenters. The highest BCUT2D eigenvalue weighted by Gasteiger charge is 2.07. The van der Waals surface area contributed by atoms with Crippen LogP contribution >= 0.6 is 0 Å². The number of nitrogens with one attached hydrogen (secondary N) is 1. The Morgan fingerprint density at radius 1 is 1.35 bits per heavy atom. The predicted octanol–water partition coefficient (Wildman–Crippen LogP) is 4.15. The topological polar surface area (TPSA) is 12.0 Å². The molecule has 1 nitrogen and oxygen atoms in total. The van der Waals surface area contributed by atoms with E-state index in [0.717, 1.165) is 6.54 Å². The van der Waals surface area contributed by atoms with Crippen molar-refractivity contribution in [3.05, 3.63) is 47.0 Å². The molecule has 0 fully saturated rings. The summed E-state index contributed by atoms with van der Waals surface area (Å²) in [5, 5.41) is 3.61. The average molecular weight is 229 g/mol. The molecule has 1 aliphatic carbocycles. The molecular formula is C16H23N. The third-order valence-electron chi connectivity index (χ3n) is 3.57. The highest BCUT2D eigenvalue weighted by molar-refractivity contribution is 5.24. The molecule has 0 aliphatic heterocycles. The maximum Gasteiger partial charge on any atom is 0.0292 e. The summed E-state index contributed by atoms with van der Waals surface area (Å²) in [6, 6.07) is 9.23. The van der Waals surface area contributed by atoms with Crippen molar-refractivity contribution in [2.24, 2.45) is 0 Å². The van der Waals surface area contributed by atoms with Crippen molar-refractivity contribution in [1.82, 2.24) is 5.32 Å². The van der Waals surface area contributed by atoms with E-state index in [2.05, 4.69) is 49.5 Å². The summed E-state index contributed by atoms with van der Waals surface area (Å²) < 4.78 is 0. The van der Waals surface area contributed by atoms with E-state index in [0.29, 0.717) is 6.04 Å². The Kier molecular flexibility index (Phi) is 4.38. The van der Waals surface area contributed by atoms with Gasteiger partial charge in [0.2, 0.25) is 0 Å². The minimum absolute atomic E-state index is 0.455. The number of aryl methyl sites for hydroxylation is 1. The van der Waals surface area contributed by atoms with Crippen LogP contribution in [0, 0.1) is 6.92 Å². The molecule has 17 heavy (non-hydrogen) atoms. The first-order valence-corrected chi connectivity index (χ1v) is 6.73. The SMILES string of the molecule is Cc1cccc(C(C)NCCC2=CCCC2)c1. The first kappa shape index (κ1) is 12.4. The Morgan fingerprint density at radius 2 is 2.24 bits per heavy atom. The van der Waals surface area contributed by atoms with Crippen LogP contribution in [0.5, 0.6) is 0 Å². The van der Waals surface area contributed by atoms with Gasteiger partial charge in [-0.15, -0.1) is 0 Å². The van der Waals surface area contributed by atoms with Gasteiger partial charge >= 0.3 is 0 Å². The minimum atomic E-state index is 0.455. The molecule has 0 bridgehead atoms. The van der Waals surface area contributed by atoms with Gasteiger partial charge in [0.1, 0.15) is 0 Å². The zero-order valence-electron chi connectivity index (χ0n) is 11.0. The second-order valence-corrected chi connectivity index (χ2v) is 5.09. The zero-order chi connectivity index (χ0) is 12.1. The van der Waals surface area contributed by atoms with E-state index in [1.54, 1.807) is 5.57 Å². The fraction of sp³-hybridized carbons (Fsp3) is 0.500. The summed E-state index contributed by atoms with van der Waals surface area (Å²) in [4.78, 5) is 0. The first-order chi connectivity index (χ1) is 8.25. The smallest absolute Gasteiger partial charge is 0.0292 e. The van der Waals surface area contributed by atoms with Crippen LogP contribution in [0.4, 0.5) is 0 Å². The summed E-state index contributed by atoms with van der Waals surface area (Å²) in [7, 11) is 0. The summed E-state index contributed by atoms with van der Waals surface area (Å²) in [5.41, 5.74) is 4.38. The van der Waals surface area contributed by atoms with Crippen molar-refractivity contribution >= 4 is 0 Å². The van der Waals surface area contributed by atoms with E-state index < -0.39 is 0 Å². The van der Waals surface area contributed by atoms with Crippen molar-refractivity contribution < 1.29 is 0 Å². The molecule has 1 aromatic carbocycles. The predicted molar refractivity (Wildman–Crippen MR) is 74.1 cm³/mol. The third-order valence-corrected chi connectivity index (χ3v) is 3.57. The molecule has 1 unspecified atom stereocenters. The molecule has 1 aliphatic rings. The molecule has 1 aromatic rings. The normalized spacial score (nSPS) is 16.9. The van der Waals surface area contributed by atoms with Crippen molar-refractivity contribution in [2.45, 2.75) is 45.6 Å². The molecule has 0 spiro atoms. The van der Waals surface area contributed by atoms with Crippen molar-refractivity contribution in [3.8, 4) is 0 Å². The van der Waals surface area contributed by atoms with Crippen molar-refractivity contribution in [2.75, 3.05) is 6.54 Å². The molecule has 0 heterocycles. The molecule has 0 amide bonds. The number of rotatable bonds is 5. The van der Waals surface area contributed by atoms with Crippen LogP contribution < -0.4 is 5.32 Å². The van der Waals surface area contributed by atoms with Crippen LogP contribution in [-0.2, 0) is 0 Å². The van der Waals surface area contributed by atoms with Crippen LogP contribution in [0.25, 0.3) is 0 Å². The fourth-order valence-electron chi connectivity index (χ4n) is 2.47. The Balaban J connectivity index is 1.78. The lowest BCUT2D eigenvalue weighted by atomic mass is 10.1. The van der Waals surface area contributed by atoms with E-state index in [1.165, 1.54) is 36.8 Å². The summed E-state index contributed by atoms with van der Waals surface area (Å²) >= 11 is 0. The van der Waals surface area contributed by atoms with Crippen LogP contribution in [0.3, 0.4) is 0 Å². The van der Waals surface area contributed by atoms with Crippen LogP contribution in [0.2, 0.25) is 0 Å². The second-order valence-electron chi connectivity index (χ2n) is 5.09. The number of hydrogen-bond donors (Lipinski definition) is 1. The molecule has 0 saturated heterocycles. The first-order valence-electron chi connectivity index (χ1n) is 6.73. The minimum Gasteiger partial charge on any atom is -0.310 e. The second kappa shape index (κ2) is 6.02. The Morgan fingerprint density at radius 3 is 2.94 bits per heavy atom. The zero-order valence-corrected chi connectivity index (χ0v) is 11.0. The lowest BCUT2D eigenvalue weighted by Gasteiger charge is -2.15. The molecule has 2 rings (SSSR count).